The van der Waals surface area contributed by atoms with Gasteiger partial charge in [-0.25, -0.2) is 0 Å². The van der Waals surface area contributed by atoms with Crippen LogP contribution in [-0.4, -0.2) is 14.2 Å². The summed E-state index contributed by atoms with van der Waals surface area (Å²) in [4.78, 5) is 1.36. The summed E-state index contributed by atoms with van der Waals surface area (Å²) in [7, 11) is 3.36. The molecule has 1 aromatic heterocycles. The molecule has 2 aromatic rings. The summed E-state index contributed by atoms with van der Waals surface area (Å²) in [5, 5.41) is 1.22. The predicted molar refractivity (Wildman–Crippen MR) is 73.6 cm³/mol. The van der Waals surface area contributed by atoms with Gasteiger partial charge in [0.05, 0.1) is 18.9 Å². The Kier molecular flexibility index (Phi) is 3.04. The van der Waals surface area contributed by atoms with Crippen LogP contribution in [0.4, 0.5) is 0 Å². The van der Waals surface area contributed by atoms with Crippen molar-refractivity contribution in [1.82, 2.24) is 0 Å². The Morgan fingerprint density at radius 2 is 1.76 bits per heavy atom. The number of rotatable bonds is 2. The summed E-state index contributed by atoms with van der Waals surface area (Å²) in [5.41, 5.74) is 0.169. The van der Waals surface area contributed by atoms with Crippen LogP contribution in [0.1, 0.15) is 25.6 Å². The fourth-order valence-electron chi connectivity index (χ4n) is 1.78. The van der Waals surface area contributed by atoms with Gasteiger partial charge in [0.1, 0.15) is 0 Å². The number of methoxy groups -OCH3 is 2. The van der Waals surface area contributed by atoms with E-state index in [1.54, 1.807) is 25.6 Å². The topological polar surface area (TPSA) is 18.5 Å². The third-order valence-corrected chi connectivity index (χ3v) is 4.34. The van der Waals surface area contributed by atoms with Crippen molar-refractivity contribution < 1.29 is 9.47 Å². The fraction of sp³-hybridized carbons (Fsp3) is 0.429. The molecular weight excluding hydrogens is 232 g/mol. The van der Waals surface area contributed by atoms with Crippen LogP contribution in [0.5, 0.6) is 11.5 Å². The molecule has 0 spiro atoms. The average Bonchev–Trinajstić information content (AvgIpc) is 2.70. The van der Waals surface area contributed by atoms with Crippen LogP contribution >= 0.6 is 11.3 Å². The molecule has 0 radical (unpaired) electrons. The molecule has 0 bridgehead atoms. The zero-order valence-electron chi connectivity index (χ0n) is 11.0. The first-order valence-corrected chi connectivity index (χ1v) is 6.44. The third kappa shape index (κ3) is 2.12. The quantitative estimate of drug-likeness (QED) is 0.794. The zero-order chi connectivity index (χ0) is 12.6. The van der Waals surface area contributed by atoms with Crippen molar-refractivity contribution in [2.24, 2.45) is 0 Å². The number of benzene rings is 1. The van der Waals surface area contributed by atoms with Gasteiger partial charge in [0.15, 0.2) is 11.5 Å². The molecule has 0 aliphatic heterocycles. The summed E-state index contributed by atoms with van der Waals surface area (Å²) in [6, 6.07) is 6.28. The largest absolute Gasteiger partial charge is 0.493 e. The minimum absolute atomic E-state index is 0.169. The second-order valence-electron chi connectivity index (χ2n) is 5.08. The second-order valence-corrected chi connectivity index (χ2v) is 6.13. The van der Waals surface area contributed by atoms with E-state index in [1.165, 1.54) is 10.3 Å². The van der Waals surface area contributed by atoms with Crippen LogP contribution in [0.25, 0.3) is 10.1 Å². The number of fused-ring (bicyclic) bond motifs is 1. The van der Waals surface area contributed by atoms with Crippen LogP contribution in [0.15, 0.2) is 18.2 Å². The molecule has 0 aliphatic carbocycles. The van der Waals surface area contributed by atoms with Gasteiger partial charge < -0.3 is 9.47 Å². The van der Waals surface area contributed by atoms with Crippen molar-refractivity contribution in [1.29, 1.82) is 0 Å². The minimum atomic E-state index is 0.169. The highest BCUT2D eigenvalue weighted by Crippen LogP contribution is 2.43. The van der Waals surface area contributed by atoms with Gasteiger partial charge >= 0.3 is 0 Å². The molecule has 0 amide bonds. The van der Waals surface area contributed by atoms with E-state index >= 15 is 0 Å². The van der Waals surface area contributed by atoms with Crippen molar-refractivity contribution in [2.45, 2.75) is 26.2 Å². The lowest BCUT2D eigenvalue weighted by Gasteiger charge is -2.15. The summed E-state index contributed by atoms with van der Waals surface area (Å²) in [6.07, 6.45) is 0. The lowest BCUT2D eigenvalue weighted by atomic mass is 9.94. The molecule has 0 saturated heterocycles. The van der Waals surface area contributed by atoms with Gasteiger partial charge in [-0.2, -0.15) is 0 Å². The van der Waals surface area contributed by atoms with E-state index in [0.29, 0.717) is 0 Å². The SMILES string of the molecule is COc1ccc2cc(C(C)(C)C)sc2c1OC. The second kappa shape index (κ2) is 4.22. The van der Waals surface area contributed by atoms with Crippen LogP contribution in [0.2, 0.25) is 0 Å². The standard InChI is InChI=1S/C14H18O2S/c1-14(2,3)11-8-9-6-7-10(15-4)12(16-5)13(9)17-11/h6-8H,1-5H3. The Balaban J connectivity index is 2.69. The highest BCUT2D eigenvalue weighted by atomic mass is 32.1. The van der Waals surface area contributed by atoms with Crippen LogP contribution < -0.4 is 9.47 Å². The number of thiophene rings is 1. The van der Waals surface area contributed by atoms with Crippen LogP contribution in [0.3, 0.4) is 0 Å². The highest BCUT2D eigenvalue weighted by molar-refractivity contribution is 7.19. The number of hydrogen-bond acceptors (Lipinski definition) is 3. The maximum atomic E-state index is 5.46. The molecular formula is C14H18O2S. The zero-order valence-corrected chi connectivity index (χ0v) is 11.8. The summed E-state index contributed by atoms with van der Waals surface area (Å²) < 4.78 is 11.9. The summed E-state index contributed by atoms with van der Waals surface area (Å²) in [6.45, 7) is 6.67. The van der Waals surface area contributed by atoms with Crippen molar-refractivity contribution in [2.75, 3.05) is 14.2 Å². The van der Waals surface area contributed by atoms with Gasteiger partial charge in [-0.05, 0) is 29.0 Å². The van der Waals surface area contributed by atoms with Crippen molar-refractivity contribution in [3.05, 3.63) is 23.1 Å². The molecule has 0 saturated carbocycles. The van der Waals surface area contributed by atoms with E-state index in [4.69, 9.17) is 9.47 Å². The van der Waals surface area contributed by atoms with Gasteiger partial charge in [0.2, 0.25) is 0 Å². The smallest absolute Gasteiger partial charge is 0.178 e. The molecule has 1 aromatic carbocycles. The van der Waals surface area contributed by atoms with Crippen molar-refractivity contribution >= 4 is 21.4 Å². The third-order valence-electron chi connectivity index (χ3n) is 2.77. The van der Waals surface area contributed by atoms with Crippen LogP contribution in [-0.2, 0) is 5.41 Å². The van der Waals surface area contributed by atoms with Gasteiger partial charge in [0, 0.05) is 4.88 Å². The van der Waals surface area contributed by atoms with E-state index in [-0.39, 0.29) is 5.41 Å². The first-order chi connectivity index (χ1) is 7.97. The van der Waals surface area contributed by atoms with E-state index < -0.39 is 0 Å². The number of hydrogen-bond donors (Lipinski definition) is 0. The molecule has 0 unspecified atom stereocenters. The minimum Gasteiger partial charge on any atom is -0.493 e. The molecule has 3 heteroatoms. The summed E-state index contributed by atoms with van der Waals surface area (Å²) in [5.74, 6) is 1.63. The molecule has 0 N–H and O–H groups in total. The van der Waals surface area contributed by atoms with Crippen LogP contribution in [0, 0.1) is 0 Å². The van der Waals surface area contributed by atoms with E-state index in [2.05, 4.69) is 32.9 Å². The fourth-order valence-corrected chi connectivity index (χ4v) is 3.02. The Morgan fingerprint density at radius 3 is 2.29 bits per heavy atom. The lowest BCUT2D eigenvalue weighted by Crippen LogP contribution is -2.07. The van der Waals surface area contributed by atoms with Crippen molar-refractivity contribution in [3.8, 4) is 11.5 Å². The molecule has 0 atom stereocenters. The van der Waals surface area contributed by atoms with Gasteiger partial charge in [0.25, 0.3) is 0 Å². The summed E-state index contributed by atoms with van der Waals surface area (Å²) >= 11 is 1.78. The maximum absolute atomic E-state index is 5.46. The monoisotopic (exact) mass is 250 g/mol. The number of ether oxygens (including phenoxy) is 2. The predicted octanol–water partition coefficient (Wildman–Crippen LogP) is 4.22. The highest BCUT2D eigenvalue weighted by Gasteiger charge is 2.19. The molecule has 92 valence electrons. The lowest BCUT2D eigenvalue weighted by molar-refractivity contribution is 0.359. The molecule has 17 heavy (non-hydrogen) atoms. The first kappa shape index (κ1) is 12.2. The van der Waals surface area contributed by atoms with E-state index in [9.17, 15) is 0 Å². The van der Waals surface area contributed by atoms with E-state index in [0.717, 1.165) is 16.2 Å². The molecule has 0 fully saturated rings. The average molecular weight is 250 g/mol. The normalized spacial score (nSPS) is 11.8. The molecule has 1 heterocycles. The van der Waals surface area contributed by atoms with Gasteiger partial charge in [-0.3, -0.25) is 0 Å². The Labute approximate surface area is 106 Å². The van der Waals surface area contributed by atoms with Crippen molar-refractivity contribution in [3.63, 3.8) is 0 Å². The Hall–Kier alpha value is -1.22. The first-order valence-electron chi connectivity index (χ1n) is 5.62. The molecule has 0 aliphatic rings. The maximum Gasteiger partial charge on any atom is 0.178 e. The van der Waals surface area contributed by atoms with Gasteiger partial charge in [-0.15, -0.1) is 11.3 Å². The molecule has 2 rings (SSSR count). The Morgan fingerprint density at radius 1 is 1.06 bits per heavy atom. The van der Waals surface area contributed by atoms with E-state index in [1.807, 2.05) is 6.07 Å². The van der Waals surface area contributed by atoms with Gasteiger partial charge in [-0.1, -0.05) is 20.8 Å². The Bertz CT molecular complexity index is 535. The molecule has 2 nitrogen and oxygen atoms in total.